The van der Waals surface area contributed by atoms with Crippen LogP contribution in [0.3, 0.4) is 0 Å². The number of imidazole rings is 1. The molecule has 3 saturated heterocycles. The van der Waals surface area contributed by atoms with Gasteiger partial charge in [-0.3, -0.25) is 9.47 Å². The van der Waals surface area contributed by atoms with Gasteiger partial charge in [0.2, 0.25) is 21.9 Å². The molecule has 0 N–H and O–H groups in total. The zero-order valence-corrected chi connectivity index (χ0v) is 25.3. The van der Waals surface area contributed by atoms with Gasteiger partial charge in [0.05, 0.1) is 44.8 Å². The molecule has 0 aliphatic carbocycles. The van der Waals surface area contributed by atoms with E-state index in [0.717, 1.165) is 13.1 Å². The fraction of sp³-hybridized carbons (Fsp3) is 0.630. The molecule has 14 nitrogen and oxygen atoms in total. The van der Waals surface area contributed by atoms with Crippen LogP contribution in [-0.4, -0.2) is 133 Å². The van der Waals surface area contributed by atoms with Crippen molar-refractivity contribution in [3.63, 3.8) is 0 Å². The third-order valence-electron chi connectivity index (χ3n) is 8.01. The van der Waals surface area contributed by atoms with Crippen molar-refractivity contribution in [3.05, 3.63) is 24.0 Å². The fourth-order valence-corrected chi connectivity index (χ4v) is 7.10. The number of anilines is 1. The molecule has 0 unspecified atom stereocenters. The number of rotatable bonds is 10. The molecule has 17 heteroatoms. The van der Waals surface area contributed by atoms with E-state index in [-0.39, 0.29) is 35.3 Å². The van der Waals surface area contributed by atoms with E-state index in [4.69, 9.17) is 18.9 Å². The van der Waals surface area contributed by atoms with Gasteiger partial charge in [0.25, 0.3) is 6.43 Å². The van der Waals surface area contributed by atoms with Crippen LogP contribution in [0.1, 0.15) is 25.1 Å². The number of para-hydroxylation sites is 1. The van der Waals surface area contributed by atoms with E-state index in [0.29, 0.717) is 83.3 Å². The minimum Gasteiger partial charge on any atom is -0.494 e. The maximum absolute atomic E-state index is 14.3. The van der Waals surface area contributed by atoms with Crippen molar-refractivity contribution >= 4 is 27.0 Å². The predicted octanol–water partition coefficient (Wildman–Crippen LogP) is 1.50. The Labute approximate surface area is 253 Å². The Morgan fingerprint density at radius 1 is 0.932 bits per heavy atom. The highest BCUT2D eigenvalue weighted by Crippen LogP contribution is 2.32. The van der Waals surface area contributed by atoms with Crippen LogP contribution in [0.25, 0.3) is 17.0 Å². The minimum atomic E-state index is -3.43. The molecule has 240 valence electrons. The van der Waals surface area contributed by atoms with Gasteiger partial charge in [-0.15, -0.1) is 0 Å². The summed E-state index contributed by atoms with van der Waals surface area (Å²) in [5.41, 5.74) is 0.601. The normalized spacial score (nSPS) is 19.6. The molecular formula is C27H36F2N8O6S. The number of ether oxygens (including phenoxy) is 4. The van der Waals surface area contributed by atoms with E-state index >= 15 is 0 Å². The lowest BCUT2D eigenvalue weighted by molar-refractivity contribution is 0.0406. The minimum absolute atomic E-state index is 0.0323. The van der Waals surface area contributed by atoms with Crippen LogP contribution >= 0.6 is 0 Å². The van der Waals surface area contributed by atoms with Gasteiger partial charge in [0.1, 0.15) is 17.4 Å². The number of aromatic nitrogens is 5. The average Bonchev–Trinajstić information content (AvgIpc) is 3.45. The molecule has 3 aliphatic heterocycles. The first-order chi connectivity index (χ1) is 21.3. The smallest absolute Gasteiger partial charge is 0.323 e. The van der Waals surface area contributed by atoms with Gasteiger partial charge in [-0.1, -0.05) is 6.07 Å². The monoisotopic (exact) mass is 638 g/mol. The van der Waals surface area contributed by atoms with Crippen LogP contribution in [0.4, 0.5) is 14.7 Å². The van der Waals surface area contributed by atoms with Crippen molar-refractivity contribution in [2.75, 3.05) is 90.0 Å². The summed E-state index contributed by atoms with van der Waals surface area (Å²) in [7, 11) is -1.99. The highest BCUT2D eigenvalue weighted by Gasteiger charge is 2.31. The molecule has 2 aromatic heterocycles. The molecule has 44 heavy (non-hydrogen) atoms. The molecule has 6 rings (SSSR count). The molecule has 0 bridgehead atoms. The number of halogens is 2. The quantitative estimate of drug-likeness (QED) is 0.318. The van der Waals surface area contributed by atoms with E-state index < -0.39 is 22.3 Å². The fourth-order valence-electron chi connectivity index (χ4n) is 5.58. The first kappa shape index (κ1) is 30.8. The Balaban J connectivity index is 1.23. The second-order valence-electron chi connectivity index (χ2n) is 10.7. The second-order valence-corrected chi connectivity index (χ2v) is 12.8. The Bertz CT molecular complexity index is 1540. The molecule has 3 fully saturated rings. The lowest BCUT2D eigenvalue weighted by atomic mass is 10.1. The van der Waals surface area contributed by atoms with Gasteiger partial charge in [-0.2, -0.15) is 15.0 Å². The van der Waals surface area contributed by atoms with Crippen molar-refractivity contribution in [1.29, 1.82) is 0 Å². The highest BCUT2D eigenvalue weighted by atomic mass is 32.2. The van der Waals surface area contributed by atoms with Crippen LogP contribution in [-0.2, 0) is 19.5 Å². The van der Waals surface area contributed by atoms with E-state index in [1.54, 1.807) is 18.2 Å². The Hall–Kier alpha value is -3.25. The van der Waals surface area contributed by atoms with Crippen LogP contribution in [0, 0.1) is 0 Å². The van der Waals surface area contributed by atoms with Crippen molar-refractivity contribution < 1.29 is 36.1 Å². The van der Waals surface area contributed by atoms with Gasteiger partial charge < -0.3 is 23.8 Å². The highest BCUT2D eigenvalue weighted by molar-refractivity contribution is 7.89. The number of piperidine rings is 1. The zero-order valence-electron chi connectivity index (χ0n) is 24.5. The molecule has 0 saturated carbocycles. The largest absolute Gasteiger partial charge is 0.494 e. The third kappa shape index (κ3) is 6.71. The van der Waals surface area contributed by atoms with Gasteiger partial charge in [0, 0.05) is 45.8 Å². The summed E-state index contributed by atoms with van der Waals surface area (Å²) >= 11 is 0. The Kier molecular flexibility index (Phi) is 9.37. The number of methoxy groups -OCH3 is 1. The number of hydrogen-bond donors (Lipinski definition) is 0. The SMILES string of the molecule is COc1cccc2c1nc(C(F)F)n2-c1nc(OC2CCN(S(=O)(=O)CCN3CCOCC3)CC2)nc(N2CCOCC2)n1. The van der Waals surface area contributed by atoms with Crippen LogP contribution in [0.5, 0.6) is 11.8 Å². The zero-order chi connectivity index (χ0) is 30.7. The first-order valence-corrected chi connectivity index (χ1v) is 16.3. The molecule has 0 amide bonds. The van der Waals surface area contributed by atoms with Crippen LogP contribution in [0.2, 0.25) is 0 Å². The summed E-state index contributed by atoms with van der Waals surface area (Å²) in [6.07, 6.45) is -2.44. The predicted molar refractivity (Wildman–Crippen MR) is 155 cm³/mol. The van der Waals surface area contributed by atoms with Crippen molar-refractivity contribution in [2.45, 2.75) is 25.4 Å². The molecule has 5 heterocycles. The Morgan fingerprint density at radius 3 is 2.30 bits per heavy atom. The molecule has 0 atom stereocenters. The van der Waals surface area contributed by atoms with Crippen molar-refractivity contribution in [3.8, 4) is 17.7 Å². The lowest BCUT2D eigenvalue weighted by Crippen LogP contribution is -2.45. The average molecular weight is 639 g/mol. The van der Waals surface area contributed by atoms with E-state index in [1.807, 2.05) is 4.90 Å². The number of nitrogens with zero attached hydrogens (tertiary/aromatic N) is 8. The first-order valence-electron chi connectivity index (χ1n) is 14.7. The molecule has 0 radical (unpaired) electrons. The molecular weight excluding hydrogens is 602 g/mol. The van der Waals surface area contributed by atoms with Crippen LogP contribution < -0.4 is 14.4 Å². The van der Waals surface area contributed by atoms with Gasteiger partial charge >= 0.3 is 6.01 Å². The van der Waals surface area contributed by atoms with E-state index in [9.17, 15) is 17.2 Å². The number of hydrogen-bond acceptors (Lipinski definition) is 12. The summed E-state index contributed by atoms with van der Waals surface area (Å²) in [5, 5.41) is 0. The summed E-state index contributed by atoms with van der Waals surface area (Å²) in [5.74, 6) is 0.0555. The maximum Gasteiger partial charge on any atom is 0.323 e. The summed E-state index contributed by atoms with van der Waals surface area (Å²) in [6, 6.07) is 4.93. The number of fused-ring (bicyclic) bond motifs is 1. The third-order valence-corrected chi connectivity index (χ3v) is 9.86. The number of sulfonamides is 1. The van der Waals surface area contributed by atoms with Crippen molar-refractivity contribution in [1.82, 2.24) is 33.7 Å². The van der Waals surface area contributed by atoms with Gasteiger partial charge in [-0.05, 0) is 25.0 Å². The standard InChI is InChI=1S/C27H36F2N8O6S/c1-40-21-4-2-3-20-22(21)30-24(23(28)29)37(20)26-31-25(35-11-16-42-17-12-35)32-27(33-26)43-19-5-7-36(8-6-19)44(38,39)18-13-34-9-14-41-15-10-34/h2-4,19,23H,5-18H2,1H3. The maximum atomic E-state index is 14.3. The number of benzene rings is 1. The number of alkyl halides is 2. The van der Waals surface area contributed by atoms with E-state index in [1.165, 1.54) is 16.0 Å². The lowest BCUT2D eigenvalue weighted by Gasteiger charge is -2.32. The number of morpholine rings is 2. The molecule has 3 aliphatic rings. The summed E-state index contributed by atoms with van der Waals surface area (Å²) in [4.78, 5) is 21.7. The molecule has 1 aromatic carbocycles. The van der Waals surface area contributed by atoms with Crippen molar-refractivity contribution in [2.24, 2.45) is 0 Å². The molecule has 0 spiro atoms. The summed E-state index contributed by atoms with van der Waals surface area (Å²) < 4.78 is 79.7. The van der Waals surface area contributed by atoms with Gasteiger partial charge in [0.15, 0.2) is 5.82 Å². The topological polar surface area (TPSA) is 137 Å². The summed E-state index contributed by atoms with van der Waals surface area (Å²) in [6.45, 7) is 5.68. The van der Waals surface area contributed by atoms with E-state index in [2.05, 4.69) is 24.8 Å². The van der Waals surface area contributed by atoms with Crippen LogP contribution in [0.15, 0.2) is 18.2 Å². The Morgan fingerprint density at radius 2 is 1.61 bits per heavy atom. The van der Waals surface area contributed by atoms with Gasteiger partial charge in [-0.25, -0.2) is 26.5 Å². The second kappa shape index (κ2) is 13.4. The molecule has 3 aromatic rings.